The fourth-order valence-corrected chi connectivity index (χ4v) is 1.99. The summed E-state index contributed by atoms with van der Waals surface area (Å²) in [6, 6.07) is 11.0. The van der Waals surface area contributed by atoms with Gasteiger partial charge in [0, 0.05) is 5.56 Å². The molecule has 0 radical (unpaired) electrons. The number of hydrogen-bond acceptors (Lipinski definition) is 6. The van der Waals surface area contributed by atoms with Crippen LogP contribution in [0.1, 0.15) is 6.92 Å². The smallest absolute Gasteiger partial charge is 0.244 e. The summed E-state index contributed by atoms with van der Waals surface area (Å²) in [5.41, 5.74) is 1.44. The highest BCUT2D eigenvalue weighted by atomic mass is 16.5. The van der Waals surface area contributed by atoms with Crippen LogP contribution in [0.25, 0.3) is 22.8 Å². The summed E-state index contributed by atoms with van der Waals surface area (Å²) in [4.78, 5) is 4.40. The van der Waals surface area contributed by atoms with Gasteiger partial charge >= 0.3 is 0 Å². The maximum absolute atomic E-state index is 5.60. The third-order valence-electron chi connectivity index (χ3n) is 3.04. The molecular weight excluding hydrogens is 282 g/mol. The zero-order valence-corrected chi connectivity index (χ0v) is 12.3. The van der Waals surface area contributed by atoms with Crippen LogP contribution in [0.2, 0.25) is 0 Å². The van der Waals surface area contributed by atoms with E-state index in [0.29, 0.717) is 29.8 Å². The fourth-order valence-electron chi connectivity index (χ4n) is 1.99. The van der Waals surface area contributed by atoms with Crippen molar-refractivity contribution >= 4 is 0 Å². The lowest BCUT2D eigenvalue weighted by atomic mass is 10.1. The Morgan fingerprint density at radius 2 is 1.91 bits per heavy atom. The molecule has 0 fully saturated rings. The molecule has 0 spiro atoms. The standard InChI is InChI=1S/C16H15N3O3/c1-3-21-16-14(11-6-8-12(20-2)9-7-11)18-19-15(17-16)13-5-4-10-22-13/h4-10H,3H2,1-2H3. The van der Waals surface area contributed by atoms with Crippen molar-refractivity contribution in [3.05, 3.63) is 42.7 Å². The van der Waals surface area contributed by atoms with Gasteiger partial charge in [-0.15, -0.1) is 10.2 Å². The number of aromatic nitrogens is 3. The molecular formula is C16H15N3O3. The number of methoxy groups -OCH3 is 1. The van der Waals surface area contributed by atoms with Gasteiger partial charge in [0.1, 0.15) is 5.75 Å². The van der Waals surface area contributed by atoms with Crippen LogP contribution in [0, 0.1) is 0 Å². The zero-order valence-electron chi connectivity index (χ0n) is 12.3. The number of furan rings is 1. The zero-order chi connectivity index (χ0) is 15.4. The van der Waals surface area contributed by atoms with Crippen LogP contribution in [0.3, 0.4) is 0 Å². The Morgan fingerprint density at radius 3 is 2.55 bits per heavy atom. The first-order chi connectivity index (χ1) is 10.8. The summed E-state index contributed by atoms with van der Waals surface area (Å²) in [6.45, 7) is 2.38. The fraction of sp³-hybridized carbons (Fsp3) is 0.188. The molecule has 0 saturated carbocycles. The number of rotatable bonds is 5. The van der Waals surface area contributed by atoms with Gasteiger partial charge in [0.15, 0.2) is 11.5 Å². The molecule has 0 bridgehead atoms. The second-order valence-corrected chi connectivity index (χ2v) is 4.43. The lowest BCUT2D eigenvalue weighted by Crippen LogP contribution is -2.03. The van der Waals surface area contributed by atoms with Crippen LogP contribution < -0.4 is 9.47 Å². The highest BCUT2D eigenvalue weighted by Gasteiger charge is 2.15. The first kappa shape index (κ1) is 14.1. The van der Waals surface area contributed by atoms with E-state index < -0.39 is 0 Å². The van der Waals surface area contributed by atoms with Crippen LogP contribution in [-0.4, -0.2) is 28.9 Å². The molecule has 2 aromatic heterocycles. The van der Waals surface area contributed by atoms with Gasteiger partial charge in [-0.05, 0) is 43.3 Å². The molecule has 0 aliphatic heterocycles. The highest BCUT2D eigenvalue weighted by Crippen LogP contribution is 2.29. The van der Waals surface area contributed by atoms with E-state index in [-0.39, 0.29) is 0 Å². The van der Waals surface area contributed by atoms with Crippen LogP contribution in [0.4, 0.5) is 0 Å². The molecule has 6 nitrogen and oxygen atoms in total. The van der Waals surface area contributed by atoms with Crippen molar-refractivity contribution in [3.8, 4) is 34.5 Å². The summed E-state index contributed by atoms with van der Waals surface area (Å²) in [7, 11) is 1.63. The molecule has 0 unspecified atom stereocenters. The maximum atomic E-state index is 5.60. The molecule has 1 aromatic carbocycles. The molecule has 0 aliphatic rings. The minimum atomic E-state index is 0.394. The van der Waals surface area contributed by atoms with Gasteiger partial charge in [-0.25, -0.2) is 0 Å². The summed E-state index contributed by atoms with van der Waals surface area (Å²) >= 11 is 0. The summed E-state index contributed by atoms with van der Waals surface area (Å²) < 4.78 is 16.0. The van der Waals surface area contributed by atoms with Crippen molar-refractivity contribution in [3.63, 3.8) is 0 Å². The molecule has 0 aliphatic carbocycles. The molecule has 22 heavy (non-hydrogen) atoms. The Balaban J connectivity index is 2.02. The predicted octanol–water partition coefficient (Wildman–Crippen LogP) is 3.21. The van der Waals surface area contributed by atoms with Gasteiger partial charge in [-0.3, -0.25) is 0 Å². The van der Waals surface area contributed by atoms with E-state index in [4.69, 9.17) is 13.9 Å². The van der Waals surface area contributed by atoms with E-state index in [9.17, 15) is 0 Å². The first-order valence-corrected chi connectivity index (χ1v) is 6.87. The maximum Gasteiger partial charge on any atom is 0.244 e. The van der Waals surface area contributed by atoms with Crippen molar-refractivity contribution in [1.29, 1.82) is 0 Å². The lowest BCUT2D eigenvalue weighted by molar-refractivity contribution is 0.326. The molecule has 3 aromatic rings. The van der Waals surface area contributed by atoms with Crippen LogP contribution in [0.15, 0.2) is 47.1 Å². The minimum absolute atomic E-state index is 0.394. The normalized spacial score (nSPS) is 10.5. The van der Waals surface area contributed by atoms with Crippen LogP contribution in [-0.2, 0) is 0 Å². The van der Waals surface area contributed by atoms with E-state index in [1.54, 1.807) is 25.5 Å². The van der Waals surface area contributed by atoms with Gasteiger partial charge in [-0.1, -0.05) is 0 Å². The average Bonchev–Trinajstić information content (AvgIpc) is 3.10. The molecule has 2 heterocycles. The molecule has 112 valence electrons. The van der Waals surface area contributed by atoms with E-state index in [2.05, 4.69) is 15.2 Å². The van der Waals surface area contributed by atoms with Crippen molar-refractivity contribution in [1.82, 2.24) is 15.2 Å². The Hall–Kier alpha value is -2.89. The van der Waals surface area contributed by atoms with Crippen LogP contribution >= 0.6 is 0 Å². The third kappa shape index (κ3) is 2.76. The summed E-state index contributed by atoms with van der Waals surface area (Å²) in [5, 5.41) is 8.36. The number of nitrogens with zero attached hydrogens (tertiary/aromatic N) is 3. The van der Waals surface area contributed by atoms with E-state index in [1.165, 1.54) is 0 Å². The quantitative estimate of drug-likeness (QED) is 0.720. The van der Waals surface area contributed by atoms with Crippen molar-refractivity contribution in [2.45, 2.75) is 6.92 Å². The highest BCUT2D eigenvalue weighted by molar-refractivity contribution is 5.65. The number of ether oxygens (including phenoxy) is 2. The molecule has 0 amide bonds. The number of benzene rings is 1. The van der Waals surface area contributed by atoms with Gasteiger partial charge in [0.2, 0.25) is 11.7 Å². The first-order valence-electron chi connectivity index (χ1n) is 6.87. The van der Waals surface area contributed by atoms with Crippen molar-refractivity contribution in [2.24, 2.45) is 0 Å². The molecule has 0 N–H and O–H groups in total. The minimum Gasteiger partial charge on any atom is -0.497 e. The summed E-state index contributed by atoms with van der Waals surface area (Å²) in [6.07, 6.45) is 1.57. The Labute approximate surface area is 127 Å². The molecule has 0 atom stereocenters. The largest absolute Gasteiger partial charge is 0.497 e. The van der Waals surface area contributed by atoms with Crippen LogP contribution in [0.5, 0.6) is 11.6 Å². The Morgan fingerprint density at radius 1 is 1.09 bits per heavy atom. The topological polar surface area (TPSA) is 70.3 Å². The van der Waals surface area contributed by atoms with E-state index in [0.717, 1.165) is 11.3 Å². The second kappa shape index (κ2) is 6.26. The molecule has 3 rings (SSSR count). The van der Waals surface area contributed by atoms with Gasteiger partial charge < -0.3 is 13.9 Å². The van der Waals surface area contributed by atoms with Crippen molar-refractivity contribution < 1.29 is 13.9 Å². The Bertz CT molecular complexity index is 740. The van der Waals surface area contributed by atoms with E-state index >= 15 is 0 Å². The third-order valence-corrected chi connectivity index (χ3v) is 3.04. The second-order valence-electron chi connectivity index (χ2n) is 4.43. The SMILES string of the molecule is CCOc1nc(-c2ccco2)nnc1-c1ccc(OC)cc1. The summed E-state index contributed by atoms with van der Waals surface area (Å²) in [5.74, 6) is 2.14. The average molecular weight is 297 g/mol. The van der Waals surface area contributed by atoms with Gasteiger partial charge in [-0.2, -0.15) is 4.98 Å². The Kier molecular flexibility index (Phi) is 4.00. The van der Waals surface area contributed by atoms with E-state index in [1.807, 2.05) is 31.2 Å². The predicted molar refractivity (Wildman–Crippen MR) is 80.7 cm³/mol. The molecule has 0 saturated heterocycles. The van der Waals surface area contributed by atoms with Gasteiger partial charge in [0.25, 0.3) is 0 Å². The number of hydrogen-bond donors (Lipinski definition) is 0. The van der Waals surface area contributed by atoms with Gasteiger partial charge in [0.05, 0.1) is 20.0 Å². The van der Waals surface area contributed by atoms with Crippen molar-refractivity contribution in [2.75, 3.05) is 13.7 Å². The lowest BCUT2D eigenvalue weighted by Gasteiger charge is -2.09. The monoisotopic (exact) mass is 297 g/mol. The molecule has 6 heteroatoms.